The third kappa shape index (κ3) is 2.42. The first kappa shape index (κ1) is 12.3. The zero-order valence-electron chi connectivity index (χ0n) is 8.67. The van der Waals surface area contributed by atoms with Crippen LogP contribution in [0.3, 0.4) is 0 Å². The lowest BCUT2D eigenvalue weighted by molar-refractivity contribution is 0.160. The molecule has 0 atom stereocenters. The van der Waals surface area contributed by atoms with Gasteiger partial charge in [0, 0.05) is 12.1 Å². The molecule has 0 aliphatic rings. The number of phenolic OH excluding ortho intramolecular Hbond substituents is 1. The van der Waals surface area contributed by atoms with Crippen LogP contribution < -0.4 is 10.2 Å². The van der Waals surface area contributed by atoms with Gasteiger partial charge in [-0.05, 0) is 34.0 Å². The summed E-state index contributed by atoms with van der Waals surface area (Å²) in [5.41, 5.74) is 3.63. The van der Waals surface area contributed by atoms with Crippen LogP contribution in [-0.2, 0) is 13.0 Å². The quantitative estimate of drug-likeness (QED) is 0.738. The fourth-order valence-corrected chi connectivity index (χ4v) is 2.11. The molecule has 0 saturated carbocycles. The van der Waals surface area contributed by atoms with Crippen molar-refractivity contribution in [3.63, 3.8) is 0 Å². The fraction of sp³-hybridized carbons (Fsp3) is 0.400. The normalized spacial score (nSPS) is 10.4. The van der Waals surface area contributed by atoms with E-state index in [1.54, 1.807) is 7.11 Å². The number of nitrogens with one attached hydrogen (secondary N) is 1. The molecule has 1 aromatic carbocycles. The molecule has 0 aromatic heterocycles. The average molecular weight is 276 g/mol. The van der Waals surface area contributed by atoms with Crippen LogP contribution in [0.25, 0.3) is 0 Å². The number of hydrogen-bond donors (Lipinski definition) is 3. The average Bonchev–Trinajstić information content (AvgIpc) is 2.24. The minimum atomic E-state index is 0.0885. The van der Waals surface area contributed by atoms with E-state index < -0.39 is 0 Å². The minimum Gasteiger partial charge on any atom is -0.506 e. The Hall–Kier alpha value is -0.780. The summed E-state index contributed by atoms with van der Waals surface area (Å²) >= 11 is 3.27. The Labute approximate surface area is 97.0 Å². The third-order valence-corrected chi connectivity index (χ3v) is 2.94. The zero-order chi connectivity index (χ0) is 11.4. The topological polar surface area (TPSA) is 61.7 Å². The van der Waals surface area contributed by atoms with E-state index in [1.807, 2.05) is 18.5 Å². The molecule has 0 amide bonds. The largest absolute Gasteiger partial charge is 0.506 e. The molecule has 15 heavy (non-hydrogen) atoms. The number of ether oxygens (including phenoxy) is 1. The number of halogens is 1. The molecule has 0 heterocycles. The van der Waals surface area contributed by atoms with Crippen molar-refractivity contribution in [1.29, 1.82) is 0 Å². The molecule has 0 radical (unpaired) electrons. The van der Waals surface area contributed by atoms with Crippen LogP contribution in [0, 0.1) is 0 Å². The van der Waals surface area contributed by atoms with Crippen molar-refractivity contribution in [2.75, 3.05) is 7.11 Å². The van der Waals surface area contributed by atoms with Gasteiger partial charge in [-0.25, -0.2) is 5.48 Å². The predicted octanol–water partition coefficient (Wildman–Crippen LogP) is 2.20. The predicted molar refractivity (Wildman–Crippen MR) is 60.4 cm³/mol. The van der Waals surface area contributed by atoms with E-state index in [4.69, 9.17) is 9.94 Å². The van der Waals surface area contributed by atoms with Crippen LogP contribution >= 0.6 is 15.9 Å². The first-order valence-electron chi connectivity index (χ1n) is 4.59. The van der Waals surface area contributed by atoms with Gasteiger partial charge < -0.3 is 15.1 Å². The number of methoxy groups -OCH3 is 1. The van der Waals surface area contributed by atoms with Crippen LogP contribution in [0.15, 0.2) is 10.5 Å². The van der Waals surface area contributed by atoms with E-state index in [1.165, 1.54) is 0 Å². The summed E-state index contributed by atoms with van der Waals surface area (Å²) in [6, 6.07) is 1.81. The van der Waals surface area contributed by atoms with Crippen molar-refractivity contribution in [3.8, 4) is 11.5 Å². The van der Waals surface area contributed by atoms with E-state index in [-0.39, 0.29) is 12.3 Å². The lowest BCUT2D eigenvalue weighted by Crippen LogP contribution is -2.07. The van der Waals surface area contributed by atoms with Crippen LogP contribution in [-0.4, -0.2) is 17.4 Å². The molecular formula is C10H14BrNO3. The van der Waals surface area contributed by atoms with Gasteiger partial charge >= 0.3 is 0 Å². The highest BCUT2D eigenvalue weighted by atomic mass is 79.9. The number of hydroxylamine groups is 1. The number of phenols is 1. The van der Waals surface area contributed by atoms with Gasteiger partial charge in [-0.15, -0.1) is 0 Å². The van der Waals surface area contributed by atoms with E-state index in [9.17, 15) is 5.11 Å². The molecule has 4 nitrogen and oxygen atoms in total. The Morgan fingerprint density at radius 2 is 2.13 bits per heavy atom. The first-order chi connectivity index (χ1) is 7.15. The second-order valence-electron chi connectivity index (χ2n) is 3.08. The standard InChI is InChI=1S/C10H14BrNO3/c1-3-6-4-7(5-12-14)9(13)8(11)10(6)15-2/h4,12-14H,3,5H2,1-2H3. The molecule has 0 bridgehead atoms. The molecule has 3 N–H and O–H groups in total. The van der Waals surface area contributed by atoms with Gasteiger partial charge in [0.05, 0.1) is 7.11 Å². The maximum Gasteiger partial charge on any atom is 0.139 e. The number of rotatable bonds is 4. The monoisotopic (exact) mass is 275 g/mol. The molecule has 0 aliphatic carbocycles. The summed E-state index contributed by atoms with van der Waals surface area (Å²) in [6.45, 7) is 2.19. The number of benzene rings is 1. The van der Waals surface area contributed by atoms with Crippen molar-refractivity contribution < 1.29 is 15.1 Å². The molecule has 0 saturated heterocycles. The van der Waals surface area contributed by atoms with Crippen molar-refractivity contribution in [2.24, 2.45) is 0 Å². The van der Waals surface area contributed by atoms with Crippen molar-refractivity contribution in [1.82, 2.24) is 5.48 Å². The minimum absolute atomic E-state index is 0.0885. The lowest BCUT2D eigenvalue weighted by Gasteiger charge is -2.14. The molecule has 5 heteroatoms. The second kappa shape index (κ2) is 5.34. The van der Waals surface area contributed by atoms with E-state index >= 15 is 0 Å². The maximum atomic E-state index is 9.78. The number of aryl methyl sites for hydroxylation is 1. The molecule has 0 aliphatic heterocycles. The summed E-state index contributed by atoms with van der Waals surface area (Å²) in [4.78, 5) is 0. The highest BCUT2D eigenvalue weighted by Gasteiger charge is 2.15. The summed E-state index contributed by atoms with van der Waals surface area (Å²) in [5, 5.41) is 18.4. The Morgan fingerprint density at radius 1 is 1.47 bits per heavy atom. The van der Waals surface area contributed by atoms with Crippen LogP contribution in [0.4, 0.5) is 0 Å². The molecule has 0 fully saturated rings. The summed E-state index contributed by atoms with van der Waals surface area (Å²) in [5.74, 6) is 0.724. The summed E-state index contributed by atoms with van der Waals surface area (Å²) < 4.78 is 5.71. The number of hydrogen-bond acceptors (Lipinski definition) is 4. The smallest absolute Gasteiger partial charge is 0.139 e. The highest BCUT2D eigenvalue weighted by Crippen LogP contribution is 2.39. The van der Waals surface area contributed by atoms with Crippen LogP contribution in [0.1, 0.15) is 18.1 Å². The van der Waals surface area contributed by atoms with Crippen molar-refractivity contribution in [3.05, 3.63) is 21.7 Å². The third-order valence-electron chi connectivity index (χ3n) is 2.21. The summed E-state index contributed by atoms with van der Waals surface area (Å²) in [6.07, 6.45) is 0.792. The van der Waals surface area contributed by atoms with E-state index in [2.05, 4.69) is 15.9 Å². The molecule has 0 unspecified atom stereocenters. The van der Waals surface area contributed by atoms with Gasteiger partial charge in [-0.1, -0.05) is 6.92 Å². The summed E-state index contributed by atoms with van der Waals surface area (Å²) in [7, 11) is 1.56. The van der Waals surface area contributed by atoms with Crippen molar-refractivity contribution >= 4 is 15.9 Å². The van der Waals surface area contributed by atoms with Crippen molar-refractivity contribution in [2.45, 2.75) is 19.9 Å². The Morgan fingerprint density at radius 3 is 2.60 bits per heavy atom. The second-order valence-corrected chi connectivity index (χ2v) is 3.87. The van der Waals surface area contributed by atoms with Gasteiger partial charge in [0.25, 0.3) is 0 Å². The highest BCUT2D eigenvalue weighted by molar-refractivity contribution is 9.10. The van der Waals surface area contributed by atoms with Gasteiger partial charge in [-0.2, -0.15) is 0 Å². The lowest BCUT2D eigenvalue weighted by atomic mass is 10.1. The van der Waals surface area contributed by atoms with Gasteiger partial charge in [-0.3, -0.25) is 0 Å². The van der Waals surface area contributed by atoms with Crippen LogP contribution in [0.5, 0.6) is 11.5 Å². The van der Waals surface area contributed by atoms with Crippen LogP contribution in [0.2, 0.25) is 0 Å². The Kier molecular flexibility index (Phi) is 4.38. The Balaban J connectivity index is 3.29. The molecule has 1 aromatic rings. The SMILES string of the molecule is CCc1cc(CNO)c(O)c(Br)c1OC. The Bertz CT molecular complexity index is 355. The van der Waals surface area contributed by atoms with Gasteiger partial charge in [0.2, 0.25) is 0 Å². The zero-order valence-corrected chi connectivity index (χ0v) is 10.3. The molecular weight excluding hydrogens is 262 g/mol. The fourth-order valence-electron chi connectivity index (χ4n) is 1.44. The first-order valence-corrected chi connectivity index (χ1v) is 5.39. The van der Waals surface area contributed by atoms with E-state index in [0.29, 0.717) is 15.8 Å². The molecule has 1 rings (SSSR count). The molecule has 84 valence electrons. The maximum absolute atomic E-state index is 9.78. The molecule has 0 spiro atoms. The number of aromatic hydroxyl groups is 1. The van der Waals surface area contributed by atoms with Gasteiger partial charge in [0.15, 0.2) is 0 Å². The van der Waals surface area contributed by atoms with Gasteiger partial charge in [0.1, 0.15) is 16.0 Å². The van der Waals surface area contributed by atoms with E-state index in [0.717, 1.165) is 12.0 Å².